The number of sulfonamides is 1. The minimum Gasteiger partial charge on any atom is -0.396 e. The standard InChI is InChI=1S/C17H25N3O5S/c1-13(22)19-15-3-5-16(6-4-15)26(24,25)20-10-7-14(8-11-20)17(23)18-9-2-12-21/h3-6,14,21H,2,7-12H2,1H3,(H,18,23)(H,19,22). The molecule has 1 fully saturated rings. The van der Waals surface area contributed by atoms with Crippen molar-refractivity contribution in [3.8, 4) is 0 Å². The average Bonchev–Trinajstić information content (AvgIpc) is 2.62. The van der Waals surface area contributed by atoms with Gasteiger partial charge in [-0.15, -0.1) is 0 Å². The zero-order chi connectivity index (χ0) is 19.2. The molecule has 0 aliphatic carbocycles. The Kier molecular flexibility index (Phi) is 7.13. The number of aliphatic hydroxyl groups is 1. The summed E-state index contributed by atoms with van der Waals surface area (Å²) in [7, 11) is -3.62. The summed E-state index contributed by atoms with van der Waals surface area (Å²) in [4.78, 5) is 23.2. The number of hydrogen-bond acceptors (Lipinski definition) is 5. The highest BCUT2D eigenvalue weighted by atomic mass is 32.2. The molecule has 1 aromatic carbocycles. The van der Waals surface area contributed by atoms with Crippen LogP contribution in [-0.4, -0.2) is 55.9 Å². The zero-order valence-electron chi connectivity index (χ0n) is 14.8. The lowest BCUT2D eigenvalue weighted by Crippen LogP contribution is -2.43. The molecule has 0 radical (unpaired) electrons. The highest BCUT2D eigenvalue weighted by Gasteiger charge is 2.31. The van der Waals surface area contributed by atoms with E-state index in [9.17, 15) is 18.0 Å². The maximum atomic E-state index is 12.7. The molecule has 144 valence electrons. The fourth-order valence-corrected chi connectivity index (χ4v) is 4.33. The Morgan fingerprint density at radius 1 is 1.19 bits per heavy atom. The van der Waals surface area contributed by atoms with Crippen LogP contribution in [0.2, 0.25) is 0 Å². The molecule has 0 atom stereocenters. The molecule has 8 nitrogen and oxygen atoms in total. The van der Waals surface area contributed by atoms with Crippen molar-refractivity contribution in [2.75, 3.05) is 31.6 Å². The van der Waals surface area contributed by atoms with Crippen LogP contribution in [0.1, 0.15) is 26.2 Å². The van der Waals surface area contributed by atoms with Crippen LogP contribution >= 0.6 is 0 Å². The smallest absolute Gasteiger partial charge is 0.243 e. The molecule has 0 bridgehead atoms. The first-order chi connectivity index (χ1) is 12.3. The number of benzene rings is 1. The number of carbonyl (C=O) groups excluding carboxylic acids is 2. The van der Waals surface area contributed by atoms with Gasteiger partial charge < -0.3 is 15.7 Å². The van der Waals surface area contributed by atoms with E-state index in [2.05, 4.69) is 10.6 Å². The number of nitrogens with one attached hydrogen (secondary N) is 2. The predicted molar refractivity (Wildman–Crippen MR) is 96.9 cm³/mol. The number of nitrogens with zero attached hydrogens (tertiary/aromatic N) is 1. The van der Waals surface area contributed by atoms with Crippen molar-refractivity contribution in [3.63, 3.8) is 0 Å². The topological polar surface area (TPSA) is 116 Å². The van der Waals surface area contributed by atoms with Crippen LogP contribution in [0, 0.1) is 5.92 Å². The van der Waals surface area contributed by atoms with Gasteiger partial charge >= 0.3 is 0 Å². The van der Waals surface area contributed by atoms with Gasteiger partial charge in [-0.25, -0.2) is 8.42 Å². The summed E-state index contributed by atoms with van der Waals surface area (Å²) in [6.07, 6.45) is 1.44. The molecule has 0 aromatic heterocycles. The van der Waals surface area contributed by atoms with Crippen LogP contribution < -0.4 is 10.6 Å². The molecule has 0 unspecified atom stereocenters. The molecule has 26 heavy (non-hydrogen) atoms. The SMILES string of the molecule is CC(=O)Nc1ccc(S(=O)(=O)N2CCC(C(=O)NCCCO)CC2)cc1. The molecule has 2 amide bonds. The molecule has 0 saturated carbocycles. The largest absolute Gasteiger partial charge is 0.396 e. The van der Waals surface area contributed by atoms with Crippen LogP contribution in [0.4, 0.5) is 5.69 Å². The number of piperidine rings is 1. The van der Waals surface area contributed by atoms with Crippen LogP contribution in [0.25, 0.3) is 0 Å². The molecule has 1 aromatic rings. The number of anilines is 1. The third-order valence-electron chi connectivity index (χ3n) is 4.27. The summed E-state index contributed by atoms with van der Waals surface area (Å²) in [6, 6.07) is 6.04. The van der Waals surface area contributed by atoms with E-state index in [1.54, 1.807) is 12.1 Å². The van der Waals surface area contributed by atoms with Gasteiger partial charge in [0.05, 0.1) is 4.90 Å². The number of amides is 2. The highest BCUT2D eigenvalue weighted by Crippen LogP contribution is 2.24. The van der Waals surface area contributed by atoms with Gasteiger partial charge in [0.15, 0.2) is 0 Å². The van der Waals surface area contributed by atoms with Crippen LogP contribution in [0.5, 0.6) is 0 Å². The van der Waals surface area contributed by atoms with Crippen molar-refractivity contribution in [2.24, 2.45) is 5.92 Å². The van der Waals surface area contributed by atoms with Crippen LogP contribution in [0.3, 0.4) is 0 Å². The quantitative estimate of drug-likeness (QED) is 0.595. The van der Waals surface area contributed by atoms with E-state index in [4.69, 9.17) is 5.11 Å². The maximum absolute atomic E-state index is 12.7. The van der Waals surface area contributed by atoms with E-state index >= 15 is 0 Å². The number of rotatable bonds is 7. The average molecular weight is 383 g/mol. The molecule has 1 saturated heterocycles. The van der Waals surface area contributed by atoms with Gasteiger partial charge in [0, 0.05) is 44.8 Å². The molecule has 9 heteroatoms. The summed E-state index contributed by atoms with van der Waals surface area (Å²) in [5.41, 5.74) is 0.537. The summed E-state index contributed by atoms with van der Waals surface area (Å²) in [5, 5.41) is 14.1. The molecular formula is C17H25N3O5S. The lowest BCUT2D eigenvalue weighted by atomic mass is 9.97. The predicted octanol–water partition coefficient (Wildman–Crippen LogP) is 0.544. The fraction of sp³-hybridized carbons (Fsp3) is 0.529. The zero-order valence-corrected chi connectivity index (χ0v) is 15.6. The minimum atomic E-state index is -3.62. The van der Waals surface area contributed by atoms with Gasteiger partial charge in [-0.1, -0.05) is 0 Å². The van der Waals surface area contributed by atoms with E-state index in [0.29, 0.717) is 31.5 Å². The second-order valence-electron chi connectivity index (χ2n) is 6.25. The normalized spacial score (nSPS) is 16.2. The Bertz CT molecular complexity index is 725. The molecule has 1 aliphatic heterocycles. The maximum Gasteiger partial charge on any atom is 0.243 e. The second kappa shape index (κ2) is 9.11. The van der Waals surface area contributed by atoms with Gasteiger partial charge in [0.2, 0.25) is 21.8 Å². The van der Waals surface area contributed by atoms with E-state index in [1.165, 1.54) is 23.4 Å². The van der Waals surface area contributed by atoms with Crippen LogP contribution in [-0.2, 0) is 19.6 Å². The molecular weight excluding hydrogens is 358 g/mol. The number of aliphatic hydroxyl groups excluding tert-OH is 1. The minimum absolute atomic E-state index is 0.0255. The van der Waals surface area contributed by atoms with Gasteiger partial charge in [0.1, 0.15) is 0 Å². The Morgan fingerprint density at radius 3 is 2.35 bits per heavy atom. The Hall–Kier alpha value is -1.97. The van der Waals surface area contributed by atoms with Gasteiger partial charge in [0.25, 0.3) is 0 Å². The highest BCUT2D eigenvalue weighted by molar-refractivity contribution is 7.89. The first kappa shape index (κ1) is 20.3. The monoisotopic (exact) mass is 383 g/mol. The van der Waals surface area contributed by atoms with Crippen molar-refractivity contribution < 1.29 is 23.1 Å². The van der Waals surface area contributed by atoms with Crippen LogP contribution in [0.15, 0.2) is 29.2 Å². The van der Waals surface area contributed by atoms with Crippen molar-refractivity contribution >= 4 is 27.5 Å². The molecule has 1 aliphatic rings. The van der Waals surface area contributed by atoms with Crippen molar-refractivity contribution in [2.45, 2.75) is 31.1 Å². The third kappa shape index (κ3) is 5.26. The lowest BCUT2D eigenvalue weighted by Gasteiger charge is -2.30. The number of carbonyl (C=O) groups is 2. The second-order valence-corrected chi connectivity index (χ2v) is 8.19. The van der Waals surface area contributed by atoms with Gasteiger partial charge in [-0.3, -0.25) is 9.59 Å². The molecule has 2 rings (SSSR count). The van der Waals surface area contributed by atoms with E-state index in [1.807, 2.05) is 0 Å². The van der Waals surface area contributed by atoms with E-state index < -0.39 is 10.0 Å². The van der Waals surface area contributed by atoms with Crippen molar-refractivity contribution in [1.29, 1.82) is 0 Å². The molecule has 1 heterocycles. The van der Waals surface area contributed by atoms with E-state index in [0.717, 1.165) is 0 Å². The fourth-order valence-electron chi connectivity index (χ4n) is 2.86. The molecule has 3 N–H and O–H groups in total. The third-order valence-corrected chi connectivity index (χ3v) is 6.18. The van der Waals surface area contributed by atoms with Crippen molar-refractivity contribution in [3.05, 3.63) is 24.3 Å². The Labute approximate surface area is 153 Å². The summed E-state index contributed by atoms with van der Waals surface area (Å²) < 4.78 is 26.8. The Balaban J connectivity index is 1.95. The first-order valence-corrected chi connectivity index (χ1v) is 10.0. The van der Waals surface area contributed by atoms with Gasteiger partial charge in [-0.05, 0) is 43.5 Å². The lowest BCUT2D eigenvalue weighted by molar-refractivity contribution is -0.126. The van der Waals surface area contributed by atoms with E-state index in [-0.39, 0.29) is 42.3 Å². The van der Waals surface area contributed by atoms with Crippen molar-refractivity contribution in [1.82, 2.24) is 9.62 Å². The molecule has 0 spiro atoms. The Morgan fingerprint density at radius 2 is 1.81 bits per heavy atom. The summed E-state index contributed by atoms with van der Waals surface area (Å²) >= 11 is 0. The number of hydrogen-bond donors (Lipinski definition) is 3. The first-order valence-electron chi connectivity index (χ1n) is 8.61. The van der Waals surface area contributed by atoms with Gasteiger partial charge in [-0.2, -0.15) is 4.31 Å². The summed E-state index contributed by atoms with van der Waals surface area (Å²) in [6.45, 7) is 2.41. The summed E-state index contributed by atoms with van der Waals surface area (Å²) in [5.74, 6) is -0.516.